The van der Waals surface area contributed by atoms with Crippen LogP contribution in [0.2, 0.25) is 5.02 Å². The average molecular weight is 473 g/mol. The van der Waals surface area contributed by atoms with E-state index in [1.165, 1.54) is 17.0 Å². The third-order valence-electron chi connectivity index (χ3n) is 5.33. The van der Waals surface area contributed by atoms with Crippen LogP contribution in [-0.4, -0.2) is 65.5 Å². The summed E-state index contributed by atoms with van der Waals surface area (Å²) in [6.07, 6.45) is 0. The Balaban J connectivity index is 2.05. The summed E-state index contributed by atoms with van der Waals surface area (Å²) in [5.74, 6) is -0.820. The van der Waals surface area contributed by atoms with Gasteiger partial charge in [-0.3, -0.25) is 9.59 Å². The number of amides is 1. The maximum absolute atomic E-state index is 13.0. The second-order valence-electron chi connectivity index (χ2n) is 8.74. The third kappa shape index (κ3) is 5.49. The Hall–Kier alpha value is -3.03. The molecule has 1 unspecified atom stereocenters. The van der Waals surface area contributed by atoms with Crippen LogP contribution in [0.25, 0.3) is 5.76 Å². The number of ether oxygens (including phenoxy) is 1. The first-order chi connectivity index (χ1) is 15.6. The van der Waals surface area contributed by atoms with E-state index < -0.39 is 17.7 Å². The van der Waals surface area contributed by atoms with Gasteiger partial charge in [-0.05, 0) is 62.0 Å². The smallest absolute Gasteiger partial charge is 0.295 e. The van der Waals surface area contributed by atoms with Crippen LogP contribution in [0.3, 0.4) is 0 Å². The lowest BCUT2D eigenvalue weighted by atomic mass is 9.95. The first kappa shape index (κ1) is 24.6. The van der Waals surface area contributed by atoms with Crippen molar-refractivity contribution in [3.05, 3.63) is 64.2 Å². The summed E-state index contributed by atoms with van der Waals surface area (Å²) in [5.41, 5.74) is 0.901. The number of aliphatic hydroxyl groups excluding tert-OH is 1. The Labute approximate surface area is 198 Å². The fourth-order valence-electron chi connectivity index (χ4n) is 3.59. The molecule has 3 rings (SSSR count). The number of halogens is 1. The van der Waals surface area contributed by atoms with E-state index in [1.54, 1.807) is 30.3 Å². The first-order valence-electron chi connectivity index (χ1n) is 10.7. The van der Waals surface area contributed by atoms with Gasteiger partial charge in [-0.1, -0.05) is 31.5 Å². The van der Waals surface area contributed by atoms with Gasteiger partial charge in [0.25, 0.3) is 11.7 Å². The van der Waals surface area contributed by atoms with Crippen molar-refractivity contribution in [2.45, 2.75) is 19.9 Å². The van der Waals surface area contributed by atoms with E-state index >= 15 is 0 Å². The van der Waals surface area contributed by atoms with E-state index in [2.05, 4.69) is 0 Å². The van der Waals surface area contributed by atoms with Crippen LogP contribution in [0.4, 0.5) is 0 Å². The zero-order chi connectivity index (χ0) is 24.3. The molecule has 1 amide bonds. The number of hydrogen-bond acceptors (Lipinski definition) is 6. The van der Waals surface area contributed by atoms with Crippen molar-refractivity contribution >= 4 is 29.1 Å². The molecule has 1 atom stereocenters. The number of nitrogens with zero attached hydrogens (tertiary/aromatic N) is 2. The zero-order valence-electron chi connectivity index (χ0n) is 19.2. The lowest BCUT2D eigenvalue weighted by molar-refractivity contribution is -0.140. The standard InChI is InChI=1S/C25H29ClN2O5/c1-15(2)14-33-18-8-5-16(6-9-18)23(30)21-22(17-7-10-20(29)19(26)13-17)28(12-11-27(3)4)25(32)24(21)31/h5-10,13,15,22,29-30H,11-12,14H2,1-4H3/b23-21-. The molecule has 176 valence electrons. The van der Waals surface area contributed by atoms with Crippen molar-refractivity contribution in [3.63, 3.8) is 0 Å². The summed E-state index contributed by atoms with van der Waals surface area (Å²) in [5, 5.41) is 21.0. The predicted molar refractivity (Wildman–Crippen MR) is 127 cm³/mol. The van der Waals surface area contributed by atoms with Crippen LogP contribution >= 0.6 is 11.6 Å². The fourth-order valence-corrected chi connectivity index (χ4v) is 3.77. The summed E-state index contributed by atoms with van der Waals surface area (Å²) in [6.45, 7) is 5.46. The van der Waals surface area contributed by atoms with Gasteiger partial charge in [0.2, 0.25) is 0 Å². The normalized spacial score (nSPS) is 17.9. The van der Waals surface area contributed by atoms with Gasteiger partial charge in [-0.15, -0.1) is 0 Å². The van der Waals surface area contributed by atoms with Crippen LogP contribution in [0.5, 0.6) is 11.5 Å². The number of phenolic OH excluding ortho intramolecular Hbond substituents is 1. The predicted octanol–water partition coefficient (Wildman–Crippen LogP) is 4.06. The van der Waals surface area contributed by atoms with Crippen molar-refractivity contribution in [1.82, 2.24) is 9.80 Å². The molecule has 1 saturated heterocycles. The Bertz CT molecular complexity index is 1060. The maximum Gasteiger partial charge on any atom is 0.295 e. The molecule has 0 saturated carbocycles. The molecule has 1 heterocycles. The number of phenols is 1. The van der Waals surface area contributed by atoms with E-state index in [0.29, 0.717) is 35.9 Å². The molecule has 1 aliphatic rings. The number of aliphatic hydroxyl groups is 1. The third-order valence-corrected chi connectivity index (χ3v) is 5.63. The van der Waals surface area contributed by atoms with E-state index in [4.69, 9.17) is 16.3 Å². The molecule has 2 N–H and O–H groups in total. The largest absolute Gasteiger partial charge is 0.507 e. The van der Waals surface area contributed by atoms with E-state index in [9.17, 15) is 19.8 Å². The highest BCUT2D eigenvalue weighted by Gasteiger charge is 2.46. The number of ketones is 1. The van der Waals surface area contributed by atoms with Gasteiger partial charge < -0.3 is 24.7 Å². The molecule has 0 radical (unpaired) electrons. The Morgan fingerprint density at radius 3 is 2.39 bits per heavy atom. The van der Waals surface area contributed by atoms with Crippen molar-refractivity contribution in [2.24, 2.45) is 5.92 Å². The molecule has 0 aromatic heterocycles. The van der Waals surface area contributed by atoms with Gasteiger partial charge in [-0.2, -0.15) is 0 Å². The molecular weight excluding hydrogens is 444 g/mol. The second kappa shape index (κ2) is 10.3. The SMILES string of the molecule is CC(C)COc1ccc(/C(O)=C2/C(=O)C(=O)N(CCN(C)C)C2c2ccc(O)c(Cl)c2)cc1. The maximum atomic E-state index is 13.0. The van der Waals surface area contributed by atoms with Crippen molar-refractivity contribution < 1.29 is 24.5 Å². The molecule has 1 fully saturated rings. The number of Topliss-reactive ketones (excluding diaryl/α,β-unsaturated/α-hetero) is 1. The minimum Gasteiger partial charge on any atom is -0.507 e. The highest BCUT2D eigenvalue weighted by atomic mass is 35.5. The molecule has 8 heteroatoms. The first-order valence-corrected chi connectivity index (χ1v) is 11.1. The van der Waals surface area contributed by atoms with Crippen molar-refractivity contribution in [1.29, 1.82) is 0 Å². The topological polar surface area (TPSA) is 90.3 Å². The van der Waals surface area contributed by atoms with Crippen LogP contribution < -0.4 is 4.74 Å². The number of likely N-dealkylation sites (N-methyl/N-ethyl adjacent to an activating group) is 1. The van der Waals surface area contributed by atoms with Crippen LogP contribution in [-0.2, 0) is 9.59 Å². The highest BCUT2D eigenvalue weighted by Crippen LogP contribution is 2.41. The Kier molecular flexibility index (Phi) is 7.66. The fraction of sp³-hybridized carbons (Fsp3) is 0.360. The van der Waals surface area contributed by atoms with Gasteiger partial charge in [-0.25, -0.2) is 0 Å². The number of carbonyl (C=O) groups is 2. The number of likely N-dealkylation sites (tertiary alicyclic amines) is 1. The number of aromatic hydroxyl groups is 1. The van der Waals surface area contributed by atoms with Gasteiger partial charge in [0.1, 0.15) is 17.3 Å². The molecule has 1 aliphatic heterocycles. The Morgan fingerprint density at radius 2 is 1.82 bits per heavy atom. The molecule has 2 aromatic rings. The monoisotopic (exact) mass is 472 g/mol. The van der Waals surface area contributed by atoms with E-state index in [-0.39, 0.29) is 28.6 Å². The molecule has 0 aliphatic carbocycles. The summed E-state index contributed by atoms with van der Waals surface area (Å²) in [4.78, 5) is 29.3. The molecular formula is C25H29ClN2O5. The minimum atomic E-state index is -0.833. The molecule has 2 aromatic carbocycles. The molecule has 33 heavy (non-hydrogen) atoms. The van der Waals surface area contributed by atoms with Gasteiger partial charge >= 0.3 is 0 Å². The Morgan fingerprint density at radius 1 is 1.15 bits per heavy atom. The molecule has 7 nitrogen and oxygen atoms in total. The van der Waals surface area contributed by atoms with Crippen LogP contribution in [0.15, 0.2) is 48.0 Å². The van der Waals surface area contributed by atoms with E-state index in [1.807, 2.05) is 32.8 Å². The van der Waals surface area contributed by atoms with E-state index in [0.717, 1.165) is 0 Å². The average Bonchev–Trinajstić information content (AvgIpc) is 3.02. The summed E-state index contributed by atoms with van der Waals surface area (Å²) in [6, 6.07) is 10.4. The van der Waals surface area contributed by atoms with Crippen LogP contribution in [0, 0.1) is 5.92 Å². The van der Waals surface area contributed by atoms with Gasteiger partial charge in [0, 0.05) is 18.7 Å². The number of rotatable bonds is 8. The van der Waals surface area contributed by atoms with Gasteiger partial charge in [0.05, 0.1) is 23.2 Å². The van der Waals surface area contributed by atoms with Gasteiger partial charge in [0.15, 0.2) is 0 Å². The summed E-state index contributed by atoms with van der Waals surface area (Å²) >= 11 is 6.11. The zero-order valence-corrected chi connectivity index (χ0v) is 20.0. The van der Waals surface area contributed by atoms with Crippen molar-refractivity contribution in [2.75, 3.05) is 33.8 Å². The van der Waals surface area contributed by atoms with Crippen molar-refractivity contribution in [3.8, 4) is 11.5 Å². The number of carbonyl (C=O) groups excluding carboxylic acids is 2. The quantitative estimate of drug-likeness (QED) is 0.342. The second-order valence-corrected chi connectivity index (χ2v) is 9.14. The summed E-state index contributed by atoms with van der Waals surface area (Å²) in [7, 11) is 3.73. The lowest BCUT2D eigenvalue weighted by Crippen LogP contribution is -2.35. The number of benzene rings is 2. The highest BCUT2D eigenvalue weighted by molar-refractivity contribution is 6.46. The molecule has 0 spiro atoms. The molecule has 0 bridgehead atoms. The minimum absolute atomic E-state index is 0.0173. The summed E-state index contributed by atoms with van der Waals surface area (Å²) < 4.78 is 5.68. The number of hydrogen-bond donors (Lipinski definition) is 2. The van der Waals surface area contributed by atoms with Crippen LogP contribution in [0.1, 0.15) is 31.0 Å². The lowest BCUT2D eigenvalue weighted by Gasteiger charge is -2.26.